The molecule has 0 aliphatic rings. The summed E-state index contributed by atoms with van der Waals surface area (Å²) in [6, 6.07) is 0. The summed E-state index contributed by atoms with van der Waals surface area (Å²) in [5.41, 5.74) is 0.929. The Morgan fingerprint density at radius 2 is 0.875 bits per heavy atom. The lowest BCUT2D eigenvalue weighted by Gasteiger charge is -2.43. The van der Waals surface area contributed by atoms with Gasteiger partial charge in [0.1, 0.15) is 0 Å². The zero-order valence-electron chi connectivity index (χ0n) is 13.0. The molecule has 0 rings (SSSR count). The Kier molecular flexibility index (Phi) is 6.07. The molecule has 0 unspecified atom stereocenters. The van der Waals surface area contributed by atoms with Crippen LogP contribution in [0, 0.1) is 22.7 Å². The molecule has 98 valence electrons. The quantitative estimate of drug-likeness (QED) is 0.506. The van der Waals surface area contributed by atoms with Gasteiger partial charge in [0.15, 0.2) is 0 Å². The van der Waals surface area contributed by atoms with E-state index in [1.165, 1.54) is 25.7 Å². The molecular formula is C16H34. The van der Waals surface area contributed by atoms with Crippen molar-refractivity contribution in [2.24, 2.45) is 22.7 Å². The molecule has 0 saturated carbocycles. The second-order valence-electron chi connectivity index (χ2n) is 7.63. The zero-order chi connectivity index (χ0) is 13.0. The Morgan fingerprint density at radius 3 is 1.06 bits per heavy atom. The SMILES string of the molecule is CC(C)CCC(C)(C)C(C)(C)CCC(C)C. The van der Waals surface area contributed by atoms with Crippen LogP contribution in [0.5, 0.6) is 0 Å². The predicted octanol–water partition coefficient (Wildman–Crippen LogP) is 5.91. The van der Waals surface area contributed by atoms with Crippen molar-refractivity contribution in [2.45, 2.75) is 81.1 Å². The van der Waals surface area contributed by atoms with Gasteiger partial charge in [-0.05, 0) is 35.5 Å². The van der Waals surface area contributed by atoms with Crippen LogP contribution < -0.4 is 0 Å². The van der Waals surface area contributed by atoms with Crippen LogP contribution in [0.1, 0.15) is 81.1 Å². The minimum atomic E-state index is 0.464. The maximum absolute atomic E-state index is 2.45. The summed E-state index contributed by atoms with van der Waals surface area (Å²) >= 11 is 0. The second-order valence-corrected chi connectivity index (χ2v) is 7.63. The first-order valence-corrected chi connectivity index (χ1v) is 7.08. The van der Waals surface area contributed by atoms with Crippen LogP contribution in [-0.2, 0) is 0 Å². The molecule has 0 N–H and O–H groups in total. The molecule has 0 aliphatic heterocycles. The fraction of sp³-hybridized carbons (Fsp3) is 1.00. The van der Waals surface area contributed by atoms with Gasteiger partial charge in [-0.2, -0.15) is 0 Å². The Hall–Kier alpha value is 0. The maximum atomic E-state index is 2.45. The molecule has 0 spiro atoms. The highest BCUT2D eigenvalue weighted by atomic mass is 14.4. The fourth-order valence-corrected chi connectivity index (χ4v) is 1.98. The fourth-order valence-electron chi connectivity index (χ4n) is 1.98. The highest BCUT2D eigenvalue weighted by molar-refractivity contribution is 4.86. The molecule has 0 heteroatoms. The van der Waals surface area contributed by atoms with Crippen molar-refractivity contribution < 1.29 is 0 Å². The van der Waals surface area contributed by atoms with E-state index in [-0.39, 0.29) is 0 Å². The Labute approximate surface area is 104 Å². The monoisotopic (exact) mass is 226 g/mol. The van der Waals surface area contributed by atoms with Gasteiger partial charge in [-0.3, -0.25) is 0 Å². The first kappa shape index (κ1) is 16.0. The van der Waals surface area contributed by atoms with Gasteiger partial charge < -0.3 is 0 Å². The summed E-state index contributed by atoms with van der Waals surface area (Å²) in [6.07, 6.45) is 5.43. The highest BCUT2D eigenvalue weighted by Gasteiger charge is 2.35. The van der Waals surface area contributed by atoms with E-state index in [0.717, 1.165) is 11.8 Å². The third-order valence-electron chi connectivity index (χ3n) is 4.53. The van der Waals surface area contributed by atoms with E-state index in [9.17, 15) is 0 Å². The molecule has 0 bridgehead atoms. The van der Waals surface area contributed by atoms with Crippen molar-refractivity contribution in [3.05, 3.63) is 0 Å². The molecule has 0 nitrogen and oxygen atoms in total. The van der Waals surface area contributed by atoms with E-state index in [0.29, 0.717) is 10.8 Å². The molecule has 0 heterocycles. The summed E-state index contributed by atoms with van der Waals surface area (Å²) in [7, 11) is 0. The lowest BCUT2D eigenvalue weighted by atomic mass is 9.62. The molecule has 0 radical (unpaired) electrons. The largest absolute Gasteiger partial charge is 0.0628 e. The van der Waals surface area contributed by atoms with Crippen LogP contribution in [0.2, 0.25) is 0 Å². The van der Waals surface area contributed by atoms with Crippen molar-refractivity contribution in [3.63, 3.8) is 0 Å². The Balaban J connectivity index is 4.33. The van der Waals surface area contributed by atoms with Crippen LogP contribution in [0.25, 0.3) is 0 Å². The molecular weight excluding hydrogens is 192 g/mol. The molecule has 0 aliphatic carbocycles. The molecule has 0 amide bonds. The van der Waals surface area contributed by atoms with Gasteiger partial charge >= 0.3 is 0 Å². The normalized spacial score (nSPS) is 13.9. The third-order valence-corrected chi connectivity index (χ3v) is 4.53. The van der Waals surface area contributed by atoms with Crippen LogP contribution in [0.3, 0.4) is 0 Å². The lowest BCUT2D eigenvalue weighted by molar-refractivity contribution is 0.0753. The van der Waals surface area contributed by atoms with Gasteiger partial charge in [0.2, 0.25) is 0 Å². The summed E-state index contributed by atoms with van der Waals surface area (Å²) < 4.78 is 0. The summed E-state index contributed by atoms with van der Waals surface area (Å²) in [5.74, 6) is 1.67. The van der Waals surface area contributed by atoms with Crippen molar-refractivity contribution >= 4 is 0 Å². The molecule has 0 saturated heterocycles. The van der Waals surface area contributed by atoms with E-state index >= 15 is 0 Å². The Bertz CT molecular complexity index is 162. The minimum Gasteiger partial charge on any atom is -0.0628 e. The topological polar surface area (TPSA) is 0 Å². The second kappa shape index (κ2) is 6.07. The van der Waals surface area contributed by atoms with Crippen LogP contribution in [0.15, 0.2) is 0 Å². The van der Waals surface area contributed by atoms with Crippen molar-refractivity contribution in [2.75, 3.05) is 0 Å². The van der Waals surface area contributed by atoms with Gasteiger partial charge in [-0.1, -0.05) is 68.2 Å². The van der Waals surface area contributed by atoms with Gasteiger partial charge in [-0.25, -0.2) is 0 Å². The lowest BCUT2D eigenvalue weighted by Crippen LogP contribution is -2.33. The van der Waals surface area contributed by atoms with E-state index in [1.807, 2.05) is 0 Å². The average molecular weight is 226 g/mol. The van der Waals surface area contributed by atoms with Crippen molar-refractivity contribution in [3.8, 4) is 0 Å². The Morgan fingerprint density at radius 1 is 0.625 bits per heavy atom. The number of hydrogen-bond donors (Lipinski definition) is 0. The van der Waals surface area contributed by atoms with E-state index in [4.69, 9.17) is 0 Å². The van der Waals surface area contributed by atoms with Gasteiger partial charge in [0.25, 0.3) is 0 Å². The van der Waals surface area contributed by atoms with Gasteiger partial charge in [-0.15, -0.1) is 0 Å². The summed E-state index contributed by atoms with van der Waals surface area (Å²) in [4.78, 5) is 0. The summed E-state index contributed by atoms with van der Waals surface area (Å²) in [5, 5.41) is 0. The zero-order valence-corrected chi connectivity index (χ0v) is 13.0. The smallest absolute Gasteiger partial charge is 0.0303 e. The standard InChI is InChI=1S/C16H34/c1-13(2)9-11-15(5,6)16(7,8)12-10-14(3)4/h13-14H,9-12H2,1-8H3. The van der Waals surface area contributed by atoms with Crippen LogP contribution in [-0.4, -0.2) is 0 Å². The van der Waals surface area contributed by atoms with Gasteiger partial charge in [0.05, 0.1) is 0 Å². The highest BCUT2D eigenvalue weighted by Crippen LogP contribution is 2.46. The summed E-state index contributed by atoms with van der Waals surface area (Å²) in [6.45, 7) is 19.1. The molecule has 0 atom stereocenters. The number of hydrogen-bond acceptors (Lipinski definition) is 0. The molecule has 0 aromatic carbocycles. The molecule has 16 heavy (non-hydrogen) atoms. The first-order chi connectivity index (χ1) is 7.08. The maximum Gasteiger partial charge on any atom is -0.0303 e. The van der Waals surface area contributed by atoms with Crippen LogP contribution in [0.4, 0.5) is 0 Å². The van der Waals surface area contributed by atoms with Gasteiger partial charge in [0, 0.05) is 0 Å². The molecule has 0 aromatic rings. The first-order valence-electron chi connectivity index (χ1n) is 7.08. The minimum absolute atomic E-state index is 0.464. The molecule has 0 fully saturated rings. The van der Waals surface area contributed by atoms with E-state index in [2.05, 4.69) is 55.4 Å². The average Bonchev–Trinajstić information content (AvgIpc) is 2.11. The number of rotatable bonds is 7. The predicted molar refractivity (Wildman–Crippen MR) is 75.7 cm³/mol. The van der Waals surface area contributed by atoms with Crippen LogP contribution >= 0.6 is 0 Å². The third kappa shape index (κ3) is 5.37. The van der Waals surface area contributed by atoms with E-state index in [1.54, 1.807) is 0 Å². The van der Waals surface area contributed by atoms with Crippen molar-refractivity contribution in [1.82, 2.24) is 0 Å². The van der Waals surface area contributed by atoms with E-state index < -0.39 is 0 Å². The molecule has 0 aromatic heterocycles. The van der Waals surface area contributed by atoms with Crippen molar-refractivity contribution in [1.29, 1.82) is 0 Å².